The Hall–Kier alpha value is -1.23. The van der Waals surface area contributed by atoms with Gasteiger partial charge in [0, 0.05) is 5.75 Å². The Kier molecular flexibility index (Phi) is 6.75. The largest absolute Gasteiger partial charge is 0.349 e. The number of rotatable bonds is 6. The van der Waals surface area contributed by atoms with Gasteiger partial charge in [-0.25, -0.2) is 4.39 Å². The molecule has 0 unspecified atom stereocenters. The lowest BCUT2D eigenvalue weighted by atomic mass is 10.1. The van der Waals surface area contributed by atoms with Crippen LogP contribution in [0.1, 0.15) is 24.1 Å². The van der Waals surface area contributed by atoms with Crippen molar-refractivity contribution in [1.82, 2.24) is 5.32 Å². The Labute approximate surface area is 149 Å². The molecular formula is C17H16Cl2FNOS. The zero-order chi connectivity index (χ0) is 16.8. The number of hydrogen-bond donors (Lipinski definition) is 1. The van der Waals surface area contributed by atoms with E-state index in [1.807, 2.05) is 13.0 Å². The number of nitrogens with one attached hydrogen (secondary N) is 1. The number of carbonyl (C=O) groups is 1. The molecule has 2 rings (SSSR count). The van der Waals surface area contributed by atoms with Crippen LogP contribution in [0.5, 0.6) is 0 Å². The molecule has 0 saturated carbocycles. The molecule has 1 N–H and O–H groups in total. The lowest BCUT2D eigenvalue weighted by Crippen LogP contribution is -2.28. The van der Waals surface area contributed by atoms with E-state index in [1.54, 1.807) is 24.3 Å². The molecule has 0 aliphatic heterocycles. The van der Waals surface area contributed by atoms with Crippen LogP contribution in [0.4, 0.5) is 4.39 Å². The number of halogens is 3. The van der Waals surface area contributed by atoms with Crippen LogP contribution in [-0.4, -0.2) is 11.7 Å². The van der Waals surface area contributed by atoms with Crippen LogP contribution in [0.25, 0.3) is 0 Å². The maximum absolute atomic E-state index is 12.9. The lowest BCUT2D eigenvalue weighted by Gasteiger charge is -2.14. The Morgan fingerprint density at radius 2 is 1.87 bits per heavy atom. The van der Waals surface area contributed by atoms with Crippen LogP contribution in [0, 0.1) is 5.82 Å². The van der Waals surface area contributed by atoms with E-state index in [1.165, 1.54) is 23.9 Å². The molecule has 0 aromatic heterocycles. The first-order chi connectivity index (χ1) is 11.0. The van der Waals surface area contributed by atoms with E-state index in [4.69, 9.17) is 23.2 Å². The highest BCUT2D eigenvalue weighted by Gasteiger charge is 2.10. The predicted octanol–water partition coefficient (Wildman–Crippen LogP) is 5.24. The summed E-state index contributed by atoms with van der Waals surface area (Å²) in [5.41, 5.74) is 1.89. The third-order valence-corrected chi connectivity index (χ3v) is 4.98. The number of benzene rings is 2. The van der Waals surface area contributed by atoms with E-state index < -0.39 is 0 Å². The Morgan fingerprint density at radius 1 is 1.17 bits per heavy atom. The van der Waals surface area contributed by atoms with Crippen molar-refractivity contribution in [2.75, 3.05) is 5.75 Å². The third-order valence-electron chi connectivity index (χ3n) is 3.23. The van der Waals surface area contributed by atoms with Gasteiger partial charge in [-0.1, -0.05) is 41.4 Å². The smallest absolute Gasteiger partial charge is 0.230 e. The quantitative estimate of drug-likeness (QED) is 0.751. The standard InChI is InChI=1S/C17H16Cl2FNOS/c1-11(13-3-5-14(20)6-4-13)21-17(22)10-23-9-12-2-7-15(18)16(19)8-12/h2-8,11H,9-10H2,1H3,(H,21,22)/t11-/m0/s1. The van der Waals surface area contributed by atoms with Crippen molar-refractivity contribution in [2.45, 2.75) is 18.7 Å². The van der Waals surface area contributed by atoms with Gasteiger partial charge in [0.25, 0.3) is 0 Å². The molecule has 0 fully saturated rings. The van der Waals surface area contributed by atoms with Crippen molar-refractivity contribution >= 4 is 40.9 Å². The maximum atomic E-state index is 12.9. The van der Waals surface area contributed by atoms with E-state index >= 15 is 0 Å². The minimum absolute atomic E-state index is 0.0631. The fourth-order valence-corrected chi connectivity index (χ4v) is 3.12. The normalized spacial score (nSPS) is 12.0. The van der Waals surface area contributed by atoms with Crippen LogP contribution >= 0.6 is 35.0 Å². The lowest BCUT2D eigenvalue weighted by molar-refractivity contribution is -0.119. The van der Waals surface area contributed by atoms with Crippen LogP contribution in [-0.2, 0) is 10.5 Å². The summed E-state index contributed by atoms with van der Waals surface area (Å²) in [4.78, 5) is 12.0. The van der Waals surface area contributed by atoms with E-state index in [-0.39, 0.29) is 17.8 Å². The molecule has 0 bridgehead atoms. The summed E-state index contributed by atoms with van der Waals surface area (Å²) in [5, 5.41) is 3.93. The maximum Gasteiger partial charge on any atom is 0.230 e. The third kappa shape index (κ3) is 5.72. The number of hydrogen-bond acceptors (Lipinski definition) is 2. The summed E-state index contributed by atoms with van der Waals surface area (Å²) < 4.78 is 12.9. The Balaban J connectivity index is 1.78. The van der Waals surface area contributed by atoms with Crippen LogP contribution in [0.2, 0.25) is 10.0 Å². The molecule has 0 heterocycles. The molecule has 1 atom stereocenters. The van der Waals surface area contributed by atoms with Crippen molar-refractivity contribution in [3.63, 3.8) is 0 Å². The molecule has 2 nitrogen and oxygen atoms in total. The number of amides is 1. The molecule has 2 aromatic carbocycles. The number of thioether (sulfide) groups is 1. The van der Waals surface area contributed by atoms with Gasteiger partial charge in [0.15, 0.2) is 0 Å². The van der Waals surface area contributed by atoms with Gasteiger partial charge in [-0.05, 0) is 42.3 Å². The van der Waals surface area contributed by atoms with E-state index in [0.717, 1.165) is 11.1 Å². The molecule has 0 radical (unpaired) electrons. The predicted molar refractivity (Wildman–Crippen MR) is 95.6 cm³/mol. The van der Waals surface area contributed by atoms with Gasteiger partial charge in [0.1, 0.15) is 5.82 Å². The average molecular weight is 372 g/mol. The van der Waals surface area contributed by atoms with Crippen LogP contribution in [0.15, 0.2) is 42.5 Å². The highest BCUT2D eigenvalue weighted by Crippen LogP contribution is 2.24. The van der Waals surface area contributed by atoms with E-state index in [9.17, 15) is 9.18 Å². The fourth-order valence-electron chi connectivity index (χ4n) is 2.01. The Morgan fingerprint density at radius 3 is 2.52 bits per heavy atom. The first kappa shape index (κ1) is 18.1. The monoisotopic (exact) mass is 371 g/mol. The van der Waals surface area contributed by atoms with E-state index in [0.29, 0.717) is 21.6 Å². The minimum atomic E-state index is -0.288. The van der Waals surface area contributed by atoms with Crippen molar-refractivity contribution in [1.29, 1.82) is 0 Å². The molecule has 2 aromatic rings. The van der Waals surface area contributed by atoms with Crippen LogP contribution < -0.4 is 5.32 Å². The average Bonchev–Trinajstić information content (AvgIpc) is 2.51. The zero-order valence-electron chi connectivity index (χ0n) is 12.5. The highest BCUT2D eigenvalue weighted by molar-refractivity contribution is 7.99. The van der Waals surface area contributed by atoms with Crippen molar-refractivity contribution in [3.8, 4) is 0 Å². The van der Waals surface area contributed by atoms with Gasteiger partial charge in [0.2, 0.25) is 5.91 Å². The van der Waals surface area contributed by atoms with Gasteiger partial charge >= 0.3 is 0 Å². The van der Waals surface area contributed by atoms with Gasteiger partial charge in [-0.2, -0.15) is 0 Å². The van der Waals surface area contributed by atoms with Gasteiger partial charge in [-0.3, -0.25) is 4.79 Å². The molecule has 1 amide bonds. The zero-order valence-corrected chi connectivity index (χ0v) is 14.8. The van der Waals surface area contributed by atoms with Gasteiger partial charge in [-0.15, -0.1) is 11.8 Å². The molecule has 23 heavy (non-hydrogen) atoms. The Bertz CT molecular complexity index is 679. The molecule has 122 valence electrons. The first-order valence-electron chi connectivity index (χ1n) is 7.02. The molecule has 6 heteroatoms. The molecule has 0 aliphatic carbocycles. The molecule has 0 saturated heterocycles. The summed E-state index contributed by atoms with van der Waals surface area (Å²) >= 11 is 13.3. The summed E-state index contributed by atoms with van der Waals surface area (Å²) in [6, 6.07) is 11.4. The van der Waals surface area contributed by atoms with E-state index in [2.05, 4.69) is 5.32 Å². The second-order valence-electron chi connectivity index (χ2n) is 5.08. The minimum Gasteiger partial charge on any atom is -0.349 e. The molecular weight excluding hydrogens is 356 g/mol. The second kappa shape index (κ2) is 8.57. The number of carbonyl (C=O) groups excluding carboxylic acids is 1. The molecule has 0 spiro atoms. The van der Waals surface area contributed by atoms with Crippen molar-refractivity contribution < 1.29 is 9.18 Å². The highest BCUT2D eigenvalue weighted by atomic mass is 35.5. The van der Waals surface area contributed by atoms with Gasteiger partial charge in [0.05, 0.1) is 21.8 Å². The summed E-state index contributed by atoms with van der Waals surface area (Å²) in [7, 11) is 0. The fraction of sp³-hybridized carbons (Fsp3) is 0.235. The topological polar surface area (TPSA) is 29.1 Å². The summed E-state index contributed by atoms with van der Waals surface area (Å²) in [6.07, 6.45) is 0. The SMILES string of the molecule is C[C@H](NC(=O)CSCc1ccc(Cl)c(Cl)c1)c1ccc(F)cc1. The van der Waals surface area contributed by atoms with Crippen LogP contribution in [0.3, 0.4) is 0 Å². The van der Waals surface area contributed by atoms with Crippen molar-refractivity contribution in [3.05, 3.63) is 69.5 Å². The first-order valence-corrected chi connectivity index (χ1v) is 8.93. The summed E-state index contributed by atoms with van der Waals surface area (Å²) in [6.45, 7) is 1.87. The van der Waals surface area contributed by atoms with Crippen molar-refractivity contribution in [2.24, 2.45) is 0 Å². The van der Waals surface area contributed by atoms with Gasteiger partial charge < -0.3 is 5.32 Å². The second-order valence-corrected chi connectivity index (χ2v) is 6.88. The summed E-state index contributed by atoms with van der Waals surface area (Å²) in [5.74, 6) is 0.664. The molecule has 0 aliphatic rings.